The van der Waals surface area contributed by atoms with Gasteiger partial charge in [-0.3, -0.25) is 9.69 Å². The lowest BCUT2D eigenvalue weighted by Crippen LogP contribution is -2.37. The summed E-state index contributed by atoms with van der Waals surface area (Å²) in [5, 5.41) is 6.49. The number of thiophene rings is 1. The van der Waals surface area contributed by atoms with Crippen molar-refractivity contribution in [3.05, 3.63) is 53.4 Å². The molecular formula is C22H22N2O3S. The Balaban J connectivity index is 1.15. The van der Waals surface area contributed by atoms with Crippen molar-refractivity contribution < 1.29 is 14.3 Å². The molecule has 0 saturated carbocycles. The first kappa shape index (κ1) is 17.5. The zero-order valence-corrected chi connectivity index (χ0v) is 16.3. The van der Waals surface area contributed by atoms with Crippen LogP contribution < -0.4 is 14.8 Å². The summed E-state index contributed by atoms with van der Waals surface area (Å²) in [6, 6.07) is 14.4. The van der Waals surface area contributed by atoms with E-state index in [0.29, 0.717) is 5.75 Å². The lowest BCUT2D eigenvalue weighted by molar-refractivity contribution is -0.121. The molecule has 1 amide bonds. The summed E-state index contributed by atoms with van der Waals surface area (Å²) >= 11 is 1.78. The molecular weight excluding hydrogens is 372 g/mol. The monoisotopic (exact) mass is 394 g/mol. The fourth-order valence-corrected chi connectivity index (χ4v) is 4.72. The predicted molar refractivity (Wildman–Crippen MR) is 111 cm³/mol. The Morgan fingerprint density at radius 1 is 1.07 bits per heavy atom. The third-order valence-corrected chi connectivity index (χ3v) is 6.42. The van der Waals surface area contributed by atoms with Crippen molar-refractivity contribution in [2.24, 2.45) is 5.92 Å². The van der Waals surface area contributed by atoms with Crippen molar-refractivity contribution in [2.45, 2.75) is 19.4 Å². The summed E-state index contributed by atoms with van der Waals surface area (Å²) < 4.78 is 12.0. The number of amides is 1. The minimum Gasteiger partial charge on any atom is -0.454 e. The summed E-state index contributed by atoms with van der Waals surface area (Å²) in [5.41, 5.74) is 2.11. The van der Waals surface area contributed by atoms with Crippen LogP contribution in [0.4, 0.5) is 5.69 Å². The molecule has 2 aliphatic rings. The van der Waals surface area contributed by atoms with Gasteiger partial charge in [0.2, 0.25) is 12.7 Å². The van der Waals surface area contributed by atoms with Crippen LogP contribution >= 0.6 is 11.3 Å². The van der Waals surface area contributed by atoms with Crippen molar-refractivity contribution in [2.75, 3.05) is 25.2 Å². The molecule has 5 rings (SSSR count). The van der Waals surface area contributed by atoms with Gasteiger partial charge in [0.25, 0.3) is 0 Å². The van der Waals surface area contributed by atoms with Crippen molar-refractivity contribution in [1.82, 2.24) is 4.90 Å². The Morgan fingerprint density at radius 3 is 2.82 bits per heavy atom. The Morgan fingerprint density at radius 2 is 1.93 bits per heavy atom. The third kappa shape index (κ3) is 3.57. The van der Waals surface area contributed by atoms with Crippen molar-refractivity contribution in [3.8, 4) is 11.5 Å². The first-order valence-corrected chi connectivity index (χ1v) is 10.5. The van der Waals surface area contributed by atoms with Crippen LogP contribution in [0.1, 0.15) is 18.4 Å². The van der Waals surface area contributed by atoms with Crippen LogP contribution in [-0.2, 0) is 11.3 Å². The Hall–Kier alpha value is -2.57. The van der Waals surface area contributed by atoms with E-state index < -0.39 is 0 Å². The number of carbonyl (C=O) groups is 1. The number of likely N-dealkylation sites (tertiary alicyclic amines) is 1. The molecule has 28 heavy (non-hydrogen) atoms. The van der Waals surface area contributed by atoms with Gasteiger partial charge in [-0.2, -0.15) is 0 Å². The number of nitrogens with one attached hydrogen (secondary N) is 1. The number of anilines is 1. The zero-order chi connectivity index (χ0) is 18.9. The van der Waals surface area contributed by atoms with Crippen LogP contribution in [0.2, 0.25) is 0 Å². The lowest BCUT2D eigenvalue weighted by Gasteiger charge is -2.31. The average molecular weight is 394 g/mol. The van der Waals surface area contributed by atoms with E-state index in [1.54, 1.807) is 11.3 Å². The van der Waals surface area contributed by atoms with Gasteiger partial charge in [-0.25, -0.2) is 0 Å². The van der Waals surface area contributed by atoms with Gasteiger partial charge in [-0.1, -0.05) is 6.07 Å². The van der Waals surface area contributed by atoms with E-state index in [1.165, 1.54) is 15.6 Å². The number of piperidine rings is 1. The van der Waals surface area contributed by atoms with Crippen molar-refractivity contribution >= 4 is 33.0 Å². The largest absolute Gasteiger partial charge is 0.454 e. The van der Waals surface area contributed by atoms with Crippen LogP contribution in [0.5, 0.6) is 11.5 Å². The van der Waals surface area contributed by atoms with Gasteiger partial charge in [0.05, 0.1) is 0 Å². The number of hydrogen-bond donors (Lipinski definition) is 1. The maximum Gasteiger partial charge on any atom is 0.231 e. The fraction of sp³-hybridized carbons (Fsp3) is 0.318. The van der Waals surface area contributed by atoms with Gasteiger partial charge < -0.3 is 14.8 Å². The Kier molecular flexibility index (Phi) is 4.66. The molecule has 6 heteroatoms. The number of nitrogens with zero attached hydrogens (tertiary/aromatic N) is 1. The maximum absolute atomic E-state index is 12.6. The second-order valence-electron chi connectivity index (χ2n) is 7.40. The fourth-order valence-electron chi connectivity index (χ4n) is 3.94. The molecule has 3 heterocycles. The van der Waals surface area contributed by atoms with E-state index in [1.807, 2.05) is 18.2 Å². The first-order chi connectivity index (χ1) is 13.7. The van der Waals surface area contributed by atoms with E-state index in [-0.39, 0.29) is 18.6 Å². The lowest BCUT2D eigenvalue weighted by atomic mass is 9.95. The van der Waals surface area contributed by atoms with Gasteiger partial charge >= 0.3 is 0 Å². The predicted octanol–water partition coefficient (Wildman–Crippen LogP) is 4.48. The molecule has 2 aromatic carbocycles. The molecule has 0 unspecified atom stereocenters. The first-order valence-electron chi connectivity index (χ1n) is 9.64. The topological polar surface area (TPSA) is 50.8 Å². The molecule has 144 valence electrons. The highest BCUT2D eigenvalue weighted by Gasteiger charge is 2.25. The molecule has 0 atom stereocenters. The molecule has 1 N–H and O–H groups in total. The number of benzene rings is 2. The highest BCUT2D eigenvalue weighted by molar-refractivity contribution is 7.17. The van der Waals surface area contributed by atoms with Crippen LogP contribution in [0.3, 0.4) is 0 Å². The molecule has 1 fully saturated rings. The van der Waals surface area contributed by atoms with E-state index in [2.05, 4.69) is 39.9 Å². The summed E-state index contributed by atoms with van der Waals surface area (Å²) in [7, 11) is 0. The molecule has 3 aromatic rings. The zero-order valence-electron chi connectivity index (χ0n) is 15.5. The van der Waals surface area contributed by atoms with E-state index in [0.717, 1.165) is 43.9 Å². The SMILES string of the molecule is O=C(Nc1ccc2c(c1)OCO2)C1CCN(Cc2ccc3sccc3c2)CC1. The van der Waals surface area contributed by atoms with Crippen LogP contribution in [0.25, 0.3) is 10.1 Å². The smallest absolute Gasteiger partial charge is 0.231 e. The number of carbonyl (C=O) groups excluding carboxylic acids is 1. The van der Waals surface area contributed by atoms with Gasteiger partial charge in [-0.15, -0.1) is 11.3 Å². The average Bonchev–Trinajstić information content (AvgIpc) is 3.36. The van der Waals surface area contributed by atoms with Gasteiger partial charge in [0.15, 0.2) is 11.5 Å². The summed E-state index contributed by atoms with van der Waals surface area (Å²) in [6.07, 6.45) is 1.77. The summed E-state index contributed by atoms with van der Waals surface area (Å²) in [6.45, 7) is 3.08. The molecule has 1 aromatic heterocycles. The Labute approximate surface area is 167 Å². The standard InChI is InChI=1S/C22H22N2O3S/c25-22(23-18-2-3-19-20(12-18)27-14-26-19)16-5-8-24(9-6-16)13-15-1-4-21-17(11-15)7-10-28-21/h1-4,7,10-12,16H,5-6,8-9,13-14H2,(H,23,25). The normalized spacial score (nSPS) is 17.1. The molecule has 1 saturated heterocycles. The minimum atomic E-state index is 0.0565. The van der Waals surface area contributed by atoms with Gasteiger partial charge in [0, 0.05) is 28.9 Å². The van der Waals surface area contributed by atoms with Gasteiger partial charge in [-0.05, 0) is 72.6 Å². The second-order valence-corrected chi connectivity index (χ2v) is 8.35. The third-order valence-electron chi connectivity index (χ3n) is 5.52. The number of ether oxygens (including phenoxy) is 2. The molecule has 5 nitrogen and oxygen atoms in total. The van der Waals surface area contributed by atoms with Crippen LogP contribution in [0.15, 0.2) is 47.8 Å². The number of hydrogen-bond acceptors (Lipinski definition) is 5. The molecule has 0 bridgehead atoms. The number of fused-ring (bicyclic) bond motifs is 2. The van der Waals surface area contributed by atoms with Crippen molar-refractivity contribution in [1.29, 1.82) is 0 Å². The molecule has 2 aliphatic heterocycles. The second kappa shape index (κ2) is 7.45. The minimum absolute atomic E-state index is 0.0565. The maximum atomic E-state index is 12.6. The van der Waals surface area contributed by atoms with E-state index in [9.17, 15) is 4.79 Å². The molecule has 0 radical (unpaired) electrons. The number of rotatable bonds is 4. The summed E-state index contributed by atoms with van der Waals surface area (Å²) in [5.74, 6) is 1.57. The summed E-state index contributed by atoms with van der Waals surface area (Å²) in [4.78, 5) is 15.1. The van der Waals surface area contributed by atoms with E-state index in [4.69, 9.17) is 9.47 Å². The van der Waals surface area contributed by atoms with Gasteiger partial charge in [0.1, 0.15) is 0 Å². The quantitative estimate of drug-likeness (QED) is 0.709. The van der Waals surface area contributed by atoms with Crippen LogP contribution in [-0.4, -0.2) is 30.7 Å². The van der Waals surface area contributed by atoms with E-state index >= 15 is 0 Å². The highest BCUT2D eigenvalue weighted by Crippen LogP contribution is 2.34. The Bertz CT molecular complexity index is 1010. The molecule has 0 aliphatic carbocycles. The van der Waals surface area contributed by atoms with Crippen molar-refractivity contribution in [3.63, 3.8) is 0 Å². The molecule has 0 spiro atoms. The highest BCUT2D eigenvalue weighted by atomic mass is 32.1. The van der Waals surface area contributed by atoms with Crippen LogP contribution in [0, 0.1) is 5.92 Å².